The molecule has 0 unspecified atom stereocenters. The first-order chi connectivity index (χ1) is 13.5. The minimum Gasteiger partial charge on any atom is -0.497 e. The Kier molecular flexibility index (Phi) is 10.5. The second kappa shape index (κ2) is 12.1. The quantitative estimate of drug-likeness (QED) is 0.466. The van der Waals surface area contributed by atoms with Crippen LogP contribution in [-0.2, 0) is 16.4 Å². The van der Waals surface area contributed by atoms with Crippen molar-refractivity contribution in [3.05, 3.63) is 66.5 Å². The third-order valence-electron chi connectivity index (χ3n) is 4.48. The molecule has 0 saturated carbocycles. The number of fused-ring (bicyclic) bond motifs is 1. The molecule has 0 bridgehead atoms. The van der Waals surface area contributed by atoms with Crippen LogP contribution in [0, 0.1) is 0 Å². The van der Waals surface area contributed by atoms with E-state index in [4.69, 9.17) is 4.74 Å². The summed E-state index contributed by atoms with van der Waals surface area (Å²) in [4.78, 5) is 4.31. The Morgan fingerprint density at radius 1 is 1.03 bits per heavy atom. The zero-order valence-electron chi connectivity index (χ0n) is 16.9. The molecule has 3 rings (SSSR count). The number of hydrogen-bond donors (Lipinski definition) is 2. The van der Waals surface area contributed by atoms with E-state index in [0.29, 0.717) is 6.54 Å². The maximum atomic E-state index is 12.6. The molecule has 0 saturated heterocycles. The Bertz CT molecular complexity index is 1030. The molecule has 0 aliphatic heterocycles. The fourth-order valence-electron chi connectivity index (χ4n) is 2.95. The van der Waals surface area contributed by atoms with Gasteiger partial charge in [0, 0.05) is 30.4 Å². The van der Waals surface area contributed by atoms with E-state index in [1.54, 1.807) is 43.8 Å². The van der Waals surface area contributed by atoms with E-state index >= 15 is 0 Å². The van der Waals surface area contributed by atoms with Crippen molar-refractivity contribution in [2.75, 3.05) is 20.2 Å². The number of nitrogens with one attached hydrogen (secondary N) is 2. The second-order valence-electron chi connectivity index (χ2n) is 6.71. The average molecular weight is 472 g/mol. The van der Waals surface area contributed by atoms with E-state index in [2.05, 4.69) is 15.0 Å². The van der Waals surface area contributed by atoms with Crippen LogP contribution in [-0.4, -0.2) is 39.6 Å². The number of pyridine rings is 1. The van der Waals surface area contributed by atoms with Crippen molar-refractivity contribution in [2.24, 2.45) is 0 Å². The number of nitrogens with zero attached hydrogens (tertiary/aromatic N) is 1. The number of halogens is 2. The first kappa shape index (κ1) is 26.1. The lowest BCUT2D eigenvalue weighted by Gasteiger charge is -2.15. The van der Waals surface area contributed by atoms with Crippen molar-refractivity contribution in [1.82, 2.24) is 15.0 Å². The Hall–Kier alpha value is -1.90. The van der Waals surface area contributed by atoms with Gasteiger partial charge in [0.15, 0.2) is 0 Å². The van der Waals surface area contributed by atoms with Gasteiger partial charge in [0.1, 0.15) is 5.75 Å². The molecule has 9 heteroatoms. The van der Waals surface area contributed by atoms with Crippen LogP contribution in [0.2, 0.25) is 0 Å². The summed E-state index contributed by atoms with van der Waals surface area (Å²) >= 11 is 0. The molecule has 1 atom stereocenters. The van der Waals surface area contributed by atoms with Crippen molar-refractivity contribution in [1.29, 1.82) is 0 Å². The summed E-state index contributed by atoms with van der Waals surface area (Å²) in [6.45, 7) is 3.16. The smallest absolute Gasteiger partial charge is 0.240 e. The van der Waals surface area contributed by atoms with Gasteiger partial charge >= 0.3 is 0 Å². The molecule has 0 aliphatic rings. The molecule has 2 aromatic carbocycles. The van der Waals surface area contributed by atoms with Crippen molar-refractivity contribution in [2.45, 2.75) is 24.3 Å². The van der Waals surface area contributed by atoms with E-state index in [1.807, 2.05) is 31.2 Å². The number of benzene rings is 2. The Morgan fingerprint density at radius 3 is 2.47 bits per heavy atom. The van der Waals surface area contributed by atoms with Crippen molar-refractivity contribution in [3.8, 4) is 5.75 Å². The van der Waals surface area contributed by atoms with Gasteiger partial charge < -0.3 is 10.1 Å². The van der Waals surface area contributed by atoms with Gasteiger partial charge in [-0.1, -0.05) is 18.2 Å². The van der Waals surface area contributed by atoms with Crippen LogP contribution in [0.4, 0.5) is 0 Å². The highest BCUT2D eigenvalue weighted by molar-refractivity contribution is 7.89. The number of hydrogen-bond acceptors (Lipinski definition) is 5. The molecule has 6 nitrogen and oxygen atoms in total. The summed E-state index contributed by atoms with van der Waals surface area (Å²) in [5, 5.41) is 5.06. The summed E-state index contributed by atoms with van der Waals surface area (Å²) < 4.78 is 33.1. The molecule has 0 spiro atoms. The summed E-state index contributed by atoms with van der Waals surface area (Å²) in [7, 11) is -1.93. The zero-order chi connectivity index (χ0) is 20.0. The van der Waals surface area contributed by atoms with Crippen molar-refractivity contribution >= 4 is 45.6 Å². The lowest BCUT2D eigenvalue weighted by molar-refractivity contribution is 0.414. The predicted octanol–water partition coefficient (Wildman–Crippen LogP) is 3.59. The SMILES string of the molecule is COc1ccc(CCNC[C@@H](C)NS(=O)(=O)c2ccc3cnccc3c2)cc1.Cl.Cl. The third-order valence-corrected chi connectivity index (χ3v) is 6.07. The van der Waals surface area contributed by atoms with Gasteiger partial charge in [-0.15, -0.1) is 24.8 Å². The molecule has 3 aromatic rings. The van der Waals surface area contributed by atoms with Crippen LogP contribution in [0.1, 0.15) is 12.5 Å². The zero-order valence-corrected chi connectivity index (χ0v) is 19.3. The van der Waals surface area contributed by atoms with Gasteiger partial charge in [0.2, 0.25) is 10.0 Å². The Balaban J connectivity index is 0.00000225. The van der Waals surface area contributed by atoms with Crippen LogP contribution >= 0.6 is 24.8 Å². The van der Waals surface area contributed by atoms with E-state index < -0.39 is 10.0 Å². The summed E-state index contributed by atoms with van der Waals surface area (Å²) in [5.41, 5.74) is 1.20. The summed E-state index contributed by atoms with van der Waals surface area (Å²) in [5.74, 6) is 0.838. The number of methoxy groups -OCH3 is 1. The second-order valence-corrected chi connectivity index (χ2v) is 8.42. The van der Waals surface area contributed by atoms with Crippen molar-refractivity contribution < 1.29 is 13.2 Å². The van der Waals surface area contributed by atoms with E-state index in [-0.39, 0.29) is 35.8 Å². The fourth-order valence-corrected chi connectivity index (χ4v) is 4.23. The summed E-state index contributed by atoms with van der Waals surface area (Å²) in [6, 6.07) is 14.6. The average Bonchev–Trinajstić information content (AvgIpc) is 2.71. The predicted molar refractivity (Wildman–Crippen MR) is 126 cm³/mol. The molecule has 0 fully saturated rings. The van der Waals surface area contributed by atoms with Crippen LogP contribution in [0.15, 0.2) is 65.8 Å². The van der Waals surface area contributed by atoms with E-state index in [0.717, 1.165) is 29.5 Å². The minimum atomic E-state index is -3.57. The van der Waals surface area contributed by atoms with E-state index in [1.165, 1.54) is 5.56 Å². The lowest BCUT2D eigenvalue weighted by Crippen LogP contribution is -2.40. The van der Waals surface area contributed by atoms with Gasteiger partial charge in [-0.25, -0.2) is 13.1 Å². The standard InChI is InChI=1S/C21H25N3O3S.2ClH/c1-16(14-22-11-9-17-3-6-20(27-2)7-4-17)24-28(25,26)21-8-5-19-15-23-12-10-18(19)13-21;;/h3-8,10,12-13,15-16,22,24H,9,11,14H2,1-2H3;2*1H/t16-;;/m1../s1. The molecule has 1 heterocycles. The largest absolute Gasteiger partial charge is 0.497 e. The Labute approximate surface area is 190 Å². The highest BCUT2D eigenvalue weighted by atomic mass is 35.5. The molecule has 1 aromatic heterocycles. The van der Waals surface area contributed by atoms with Crippen LogP contribution in [0.25, 0.3) is 10.8 Å². The monoisotopic (exact) mass is 471 g/mol. The molecule has 0 aliphatic carbocycles. The topological polar surface area (TPSA) is 80.3 Å². The first-order valence-electron chi connectivity index (χ1n) is 9.18. The molecule has 30 heavy (non-hydrogen) atoms. The van der Waals surface area contributed by atoms with Gasteiger partial charge in [0.05, 0.1) is 12.0 Å². The maximum absolute atomic E-state index is 12.6. The van der Waals surface area contributed by atoms with E-state index in [9.17, 15) is 8.42 Å². The van der Waals surface area contributed by atoms with Gasteiger partial charge in [0.25, 0.3) is 0 Å². The normalized spacial score (nSPS) is 11.9. The highest BCUT2D eigenvalue weighted by Gasteiger charge is 2.17. The molecule has 164 valence electrons. The number of rotatable bonds is 9. The van der Waals surface area contributed by atoms with Gasteiger partial charge in [-0.05, 0) is 61.2 Å². The molecular formula is C21H27Cl2N3O3S. The lowest BCUT2D eigenvalue weighted by atomic mass is 10.1. The minimum absolute atomic E-state index is 0. The van der Waals surface area contributed by atoms with Crippen molar-refractivity contribution in [3.63, 3.8) is 0 Å². The summed E-state index contributed by atoms with van der Waals surface area (Å²) in [6.07, 6.45) is 4.23. The molecule has 0 amide bonds. The number of ether oxygens (including phenoxy) is 1. The van der Waals surface area contributed by atoms with Gasteiger partial charge in [-0.3, -0.25) is 4.98 Å². The molecular weight excluding hydrogens is 445 g/mol. The first-order valence-corrected chi connectivity index (χ1v) is 10.7. The van der Waals surface area contributed by atoms with Crippen LogP contribution in [0.3, 0.4) is 0 Å². The maximum Gasteiger partial charge on any atom is 0.240 e. The highest BCUT2D eigenvalue weighted by Crippen LogP contribution is 2.18. The Morgan fingerprint density at radius 2 is 1.77 bits per heavy atom. The van der Waals surface area contributed by atoms with Crippen LogP contribution < -0.4 is 14.8 Å². The fraction of sp³-hybridized carbons (Fsp3) is 0.286. The van der Waals surface area contributed by atoms with Crippen LogP contribution in [0.5, 0.6) is 5.75 Å². The number of sulfonamides is 1. The van der Waals surface area contributed by atoms with Gasteiger partial charge in [-0.2, -0.15) is 0 Å². The molecule has 0 radical (unpaired) electrons. The number of aromatic nitrogens is 1. The third kappa shape index (κ3) is 7.11. The molecule has 2 N–H and O–H groups in total.